The van der Waals surface area contributed by atoms with Gasteiger partial charge in [-0.25, -0.2) is 14.6 Å². The fraction of sp³-hybridized carbons (Fsp3) is 0.231. The van der Waals surface area contributed by atoms with E-state index in [2.05, 4.69) is 39.9 Å². The molecule has 0 radical (unpaired) electrons. The molecule has 2 aromatic carbocycles. The van der Waals surface area contributed by atoms with Crippen molar-refractivity contribution in [1.29, 1.82) is 0 Å². The van der Waals surface area contributed by atoms with Crippen LogP contribution < -0.4 is 10.6 Å². The van der Waals surface area contributed by atoms with E-state index in [0.29, 0.717) is 5.56 Å². The number of pyridine rings is 1. The summed E-state index contributed by atoms with van der Waals surface area (Å²) in [6.07, 6.45) is 0.906. The van der Waals surface area contributed by atoms with Crippen LogP contribution in [-0.4, -0.2) is 40.7 Å². The van der Waals surface area contributed by atoms with Crippen LogP contribution in [0.15, 0.2) is 66.9 Å². The number of nitrogens with one attached hydrogen (secondary N) is 2. The summed E-state index contributed by atoms with van der Waals surface area (Å²) in [7, 11) is 0. The lowest BCUT2D eigenvalue weighted by Gasteiger charge is -2.17. The van der Waals surface area contributed by atoms with Crippen molar-refractivity contribution in [2.75, 3.05) is 6.61 Å². The SMILES string of the molecule is C[C@@H](CC(=O)NCc1ccc(C(=O)O)nc1)NC(=O)OCC1c2ccccc2-c2ccccc21. The molecule has 2 amide bonds. The first-order valence-electron chi connectivity index (χ1n) is 11.0. The molecule has 0 saturated carbocycles. The van der Waals surface area contributed by atoms with Crippen LogP contribution in [0, 0.1) is 0 Å². The van der Waals surface area contributed by atoms with Crippen molar-refractivity contribution in [1.82, 2.24) is 15.6 Å². The largest absolute Gasteiger partial charge is 0.477 e. The monoisotopic (exact) mass is 459 g/mol. The van der Waals surface area contributed by atoms with Crippen molar-refractivity contribution in [3.05, 3.63) is 89.2 Å². The lowest BCUT2D eigenvalue weighted by atomic mass is 9.98. The number of aromatic carboxylic acids is 1. The number of fused-ring (bicyclic) bond motifs is 3. The highest BCUT2D eigenvalue weighted by molar-refractivity contribution is 5.85. The number of rotatable bonds is 8. The molecule has 0 aliphatic heterocycles. The maximum atomic E-state index is 12.4. The Bertz CT molecular complexity index is 1160. The van der Waals surface area contributed by atoms with Crippen molar-refractivity contribution in [3.63, 3.8) is 0 Å². The zero-order chi connectivity index (χ0) is 24.1. The molecule has 0 fully saturated rings. The Morgan fingerprint density at radius 2 is 1.65 bits per heavy atom. The molecule has 0 bridgehead atoms. The van der Waals surface area contributed by atoms with Gasteiger partial charge in [-0.05, 0) is 40.8 Å². The number of carboxylic acids is 1. The van der Waals surface area contributed by atoms with E-state index in [4.69, 9.17) is 9.84 Å². The van der Waals surface area contributed by atoms with Gasteiger partial charge < -0.3 is 20.5 Å². The quantitative estimate of drug-likeness (QED) is 0.473. The van der Waals surface area contributed by atoms with E-state index < -0.39 is 18.1 Å². The summed E-state index contributed by atoms with van der Waals surface area (Å²) >= 11 is 0. The standard InChI is InChI=1S/C26H25N3O5/c1-16(12-24(30)28-14-17-10-11-23(25(31)32)27-13-17)29-26(33)34-15-22-20-8-4-2-6-18(20)19-7-3-5-9-21(19)22/h2-11,13,16,22H,12,14-15H2,1H3,(H,28,30)(H,29,33)(H,31,32)/t16-/m0/s1. The van der Waals surface area contributed by atoms with Crippen LogP contribution >= 0.6 is 0 Å². The molecule has 1 heterocycles. The summed E-state index contributed by atoms with van der Waals surface area (Å²) in [4.78, 5) is 39.2. The van der Waals surface area contributed by atoms with Crippen molar-refractivity contribution in [2.45, 2.75) is 31.8 Å². The summed E-state index contributed by atoms with van der Waals surface area (Å²) in [6.45, 7) is 2.14. The number of carbonyl (C=O) groups excluding carboxylic acids is 2. The van der Waals surface area contributed by atoms with E-state index in [1.54, 1.807) is 13.0 Å². The number of amides is 2. The third-order valence-electron chi connectivity index (χ3n) is 5.73. The fourth-order valence-corrected chi connectivity index (χ4v) is 4.10. The van der Waals surface area contributed by atoms with Crippen molar-refractivity contribution >= 4 is 18.0 Å². The van der Waals surface area contributed by atoms with Gasteiger partial charge in [-0.3, -0.25) is 4.79 Å². The van der Waals surface area contributed by atoms with Crippen LogP contribution in [0.5, 0.6) is 0 Å². The lowest BCUT2D eigenvalue weighted by molar-refractivity contribution is -0.121. The Morgan fingerprint density at radius 1 is 1.00 bits per heavy atom. The number of nitrogens with zero attached hydrogens (tertiary/aromatic N) is 1. The minimum Gasteiger partial charge on any atom is -0.477 e. The van der Waals surface area contributed by atoms with Crippen molar-refractivity contribution in [3.8, 4) is 11.1 Å². The Balaban J connectivity index is 1.24. The minimum atomic E-state index is -1.11. The van der Waals surface area contributed by atoms with Gasteiger partial charge in [0.25, 0.3) is 0 Å². The first kappa shape index (κ1) is 23.0. The van der Waals surface area contributed by atoms with E-state index in [-0.39, 0.29) is 37.1 Å². The van der Waals surface area contributed by atoms with Gasteiger partial charge >= 0.3 is 12.1 Å². The molecule has 0 spiro atoms. The Morgan fingerprint density at radius 3 is 2.24 bits per heavy atom. The average molecular weight is 460 g/mol. The minimum absolute atomic E-state index is 0.0297. The third kappa shape index (κ3) is 5.23. The van der Waals surface area contributed by atoms with Gasteiger partial charge in [-0.2, -0.15) is 0 Å². The summed E-state index contributed by atoms with van der Waals surface area (Å²) in [5.74, 6) is -1.39. The molecule has 3 N–H and O–H groups in total. The molecule has 3 aromatic rings. The van der Waals surface area contributed by atoms with Gasteiger partial charge in [-0.15, -0.1) is 0 Å². The van der Waals surface area contributed by atoms with E-state index >= 15 is 0 Å². The van der Waals surface area contributed by atoms with Crippen LogP contribution in [0.25, 0.3) is 11.1 Å². The Labute approximate surface area is 197 Å². The number of hydrogen-bond donors (Lipinski definition) is 3. The first-order chi connectivity index (χ1) is 16.4. The summed E-state index contributed by atoms with van der Waals surface area (Å²) in [6, 6.07) is 18.8. The number of benzene rings is 2. The number of ether oxygens (including phenoxy) is 1. The van der Waals surface area contributed by atoms with E-state index in [9.17, 15) is 14.4 Å². The van der Waals surface area contributed by atoms with Gasteiger partial charge in [0.05, 0.1) is 0 Å². The van der Waals surface area contributed by atoms with E-state index in [1.165, 1.54) is 12.3 Å². The van der Waals surface area contributed by atoms with Gasteiger partial charge in [0.2, 0.25) is 5.91 Å². The Kier molecular flexibility index (Phi) is 6.87. The zero-order valence-electron chi connectivity index (χ0n) is 18.7. The molecule has 4 rings (SSSR count). The second-order valence-corrected chi connectivity index (χ2v) is 8.21. The Hall–Kier alpha value is -4.20. The van der Waals surface area contributed by atoms with E-state index in [1.807, 2.05) is 24.3 Å². The first-order valence-corrected chi connectivity index (χ1v) is 11.0. The number of aromatic nitrogens is 1. The number of carbonyl (C=O) groups is 3. The number of hydrogen-bond acceptors (Lipinski definition) is 5. The van der Waals surface area contributed by atoms with Gasteiger partial charge in [0.1, 0.15) is 12.3 Å². The highest BCUT2D eigenvalue weighted by atomic mass is 16.5. The lowest BCUT2D eigenvalue weighted by Crippen LogP contribution is -2.38. The molecule has 8 nitrogen and oxygen atoms in total. The number of carboxylic acid groups (broad SMARTS) is 1. The normalized spacial score (nSPS) is 12.9. The maximum Gasteiger partial charge on any atom is 0.407 e. The number of alkyl carbamates (subject to hydrolysis) is 1. The van der Waals surface area contributed by atoms with Gasteiger partial charge in [0, 0.05) is 31.1 Å². The van der Waals surface area contributed by atoms with Crippen LogP contribution in [-0.2, 0) is 16.1 Å². The molecule has 8 heteroatoms. The molecule has 1 aliphatic carbocycles. The predicted octanol–water partition coefficient (Wildman–Crippen LogP) is 3.71. The average Bonchev–Trinajstić information content (AvgIpc) is 3.15. The summed E-state index contributed by atoms with van der Waals surface area (Å²) in [5, 5.41) is 14.3. The molecule has 34 heavy (non-hydrogen) atoms. The van der Waals surface area contributed by atoms with Gasteiger partial charge in [-0.1, -0.05) is 54.6 Å². The molecule has 0 unspecified atom stereocenters. The smallest absolute Gasteiger partial charge is 0.407 e. The zero-order valence-corrected chi connectivity index (χ0v) is 18.7. The van der Waals surface area contributed by atoms with Crippen LogP contribution in [0.1, 0.15) is 46.4 Å². The fourth-order valence-electron chi connectivity index (χ4n) is 4.10. The molecular weight excluding hydrogens is 434 g/mol. The molecule has 0 saturated heterocycles. The second-order valence-electron chi connectivity index (χ2n) is 8.21. The molecule has 174 valence electrons. The molecule has 1 atom stereocenters. The summed E-state index contributed by atoms with van der Waals surface area (Å²) in [5.41, 5.74) is 5.20. The topological polar surface area (TPSA) is 118 Å². The highest BCUT2D eigenvalue weighted by Gasteiger charge is 2.29. The molecular formula is C26H25N3O5. The highest BCUT2D eigenvalue weighted by Crippen LogP contribution is 2.44. The van der Waals surface area contributed by atoms with E-state index in [0.717, 1.165) is 22.3 Å². The second kappa shape index (κ2) is 10.2. The van der Waals surface area contributed by atoms with Crippen molar-refractivity contribution in [2.24, 2.45) is 0 Å². The molecule has 1 aromatic heterocycles. The maximum absolute atomic E-state index is 12.4. The predicted molar refractivity (Wildman–Crippen MR) is 125 cm³/mol. The van der Waals surface area contributed by atoms with Gasteiger partial charge in [0.15, 0.2) is 0 Å². The van der Waals surface area contributed by atoms with Crippen LogP contribution in [0.3, 0.4) is 0 Å². The van der Waals surface area contributed by atoms with Crippen LogP contribution in [0.2, 0.25) is 0 Å². The molecule has 1 aliphatic rings. The summed E-state index contributed by atoms with van der Waals surface area (Å²) < 4.78 is 5.51. The van der Waals surface area contributed by atoms with Crippen LogP contribution in [0.4, 0.5) is 4.79 Å². The third-order valence-corrected chi connectivity index (χ3v) is 5.73. The van der Waals surface area contributed by atoms with Crippen molar-refractivity contribution < 1.29 is 24.2 Å².